The summed E-state index contributed by atoms with van der Waals surface area (Å²) in [6.07, 6.45) is 8.24. The molecule has 1 nitrogen and oxygen atoms in total. The zero-order chi connectivity index (χ0) is 11.0. The summed E-state index contributed by atoms with van der Waals surface area (Å²) < 4.78 is 0. The van der Waals surface area contributed by atoms with Crippen LogP contribution in [0.4, 0.5) is 5.69 Å². The molecule has 0 saturated carbocycles. The SMILES string of the molecule is CCc1ccc(N2C3CCCC2CC3)cc1. The van der Waals surface area contributed by atoms with Crippen LogP contribution in [0.1, 0.15) is 44.6 Å². The minimum Gasteiger partial charge on any atom is -0.366 e. The Kier molecular flexibility index (Phi) is 2.62. The van der Waals surface area contributed by atoms with Crippen LogP contribution in [0.2, 0.25) is 0 Å². The highest BCUT2D eigenvalue weighted by Gasteiger charge is 2.36. The summed E-state index contributed by atoms with van der Waals surface area (Å²) in [6.45, 7) is 2.22. The Morgan fingerprint density at radius 3 is 2.19 bits per heavy atom. The molecule has 2 aliphatic heterocycles. The molecule has 2 bridgehead atoms. The van der Waals surface area contributed by atoms with E-state index in [2.05, 4.69) is 36.1 Å². The zero-order valence-corrected chi connectivity index (χ0v) is 10.2. The zero-order valence-electron chi connectivity index (χ0n) is 10.2. The van der Waals surface area contributed by atoms with Gasteiger partial charge in [0.1, 0.15) is 0 Å². The smallest absolute Gasteiger partial charge is 0.0371 e. The Hall–Kier alpha value is -0.980. The summed E-state index contributed by atoms with van der Waals surface area (Å²) in [4.78, 5) is 2.70. The van der Waals surface area contributed by atoms with E-state index in [1.54, 1.807) is 0 Å². The highest BCUT2D eigenvalue weighted by atomic mass is 15.2. The van der Waals surface area contributed by atoms with Crippen LogP contribution in [0, 0.1) is 0 Å². The first kappa shape index (κ1) is 10.2. The predicted molar refractivity (Wildman–Crippen MR) is 69.0 cm³/mol. The van der Waals surface area contributed by atoms with Crippen molar-refractivity contribution < 1.29 is 0 Å². The molecule has 0 spiro atoms. The molecule has 1 heteroatoms. The molecule has 2 aliphatic rings. The van der Waals surface area contributed by atoms with Gasteiger partial charge in [-0.1, -0.05) is 19.1 Å². The van der Waals surface area contributed by atoms with E-state index in [-0.39, 0.29) is 0 Å². The van der Waals surface area contributed by atoms with Crippen LogP contribution in [0.15, 0.2) is 24.3 Å². The number of rotatable bonds is 2. The average molecular weight is 215 g/mol. The Balaban J connectivity index is 1.86. The summed E-state index contributed by atoms with van der Waals surface area (Å²) in [5, 5.41) is 0. The molecule has 1 aromatic rings. The van der Waals surface area contributed by atoms with E-state index >= 15 is 0 Å². The first-order chi connectivity index (χ1) is 7.88. The molecule has 86 valence electrons. The molecular formula is C15H21N. The van der Waals surface area contributed by atoms with E-state index in [1.807, 2.05) is 0 Å². The fraction of sp³-hybridized carbons (Fsp3) is 0.600. The van der Waals surface area contributed by atoms with Crippen molar-refractivity contribution in [3.8, 4) is 0 Å². The average Bonchev–Trinajstić information content (AvgIpc) is 2.59. The third kappa shape index (κ3) is 1.63. The number of anilines is 1. The largest absolute Gasteiger partial charge is 0.366 e. The van der Waals surface area contributed by atoms with Gasteiger partial charge in [0.05, 0.1) is 0 Å². The van der Waals surface area contributed by atoms with Gasteiger partial charge in [-0.25, -0.2) is 0 Å². The number of aryl methyl sites for hydroxylation is 1. The van der Waals surface area contributed by atoms with Gasteiger partial charge >= 0.3 is 0 Å². The molecule has 0 aliphatic carbocycles. The molecule has 16 heavy (non-hydrogen) atoms. The molecule has 0 aromatic heterocycles. The summed E-state index contributed by atoms with van der Waals surface area (Å²) in [6, 6.07) is 10.9. The van der Waals surface area contributed by atoms with Crippen LogP contribution in [0.3, 0.4) is 0 Å². The van der Waals surface area contributed by atoms with Gasteiger partial charge in [0.2, 0.25) is 0 Å². The number of hydrogen-bond donors (Lipinski definition) is 0. The Bertz CT molecular complexity index is 338. The maximum absolute atomic E-state index is 2.70. The molecule has 3 rings (SSSR count). The highest BCUT2D eigenvalue weighted by molar-refractivity contribution is 5.51. The lowest BCUT2D eigenvalue weighted by Gasteiger charge is -2.36. The second kappa shape index (κ2) is 4.12. The summed E-state index contributed by atoms with van der Waals surface area (Å²) in [7, 11) is 0. The van der Waals surface area contributed by atoms with Crippen LogP contribution >= 0.6 is 0 Å². The van der Waals surface area contributed by atoms with Crippen molar-refractivity contribution in [1.29, 1.82) is 0 Å². The van der Waals surface area contributed by atoms with E-state index in [0.717, 1.165) is 18.5 Å². The monoisotopic (exact) mass is 215 g/mol. The topological polar surface area (TPSA) is 3.24 Å². The lowest BCUT2D eigenvalue weighted by Crippen LogP contribution is -2.39. The summed E-state index contributed by atoms with van der Waals surface area (Å²) >= 11 is 0. The number of hydrogen-bond acceptors (Lipinski definition) is 1. The summed E-state index contributed by atoms with van der Waals surface area (Å²) in [5.74, 6) is 0. The van der Waals surface area contributed by atoms with Crippen LogP contribution in [-0.4, -0.2) is 12.1 Å². The summed E-state index contributed by atoms with van der Waals surface area (Å²) in [5.41, 5.74) is 2.91. The first-order valence-corrected chi connectivity index (χ1v) is 6.76. The molecular weight excluding hydrogens is 194 g/mol. The van der Waals surface area contributed by atoms with E-state index in [9.17, 15) is 0 Å². The lowest BCUT2D eigenvalue weighted by atomic mass is 10.0. The van der Waals surface area contributed by atoms with Gasteiger partial charge < -0.3 is 4.90 Å². The molecule has 2 unspecified atom stereocenters. The molecule has 2 heterocycles. The third-order valence-corrected chi connectivity index (χ3v) is 4.34. The van der Waals surface area contributed by atoms with Crippen LogP contribution in [0.25, 0.3) is 0 Å². The normalized spacial score (nSPS) is 28.4. The van der Waals surface area contributed by atoms with Gasteiger partial charge in [0, 0.05) is 17.8 Å². The maximum Gasteiger partial charge on any atom is 0.0371 e. The van der Waals surface area contributed by atoms with Crippen LogP contribution < -0.4 is 4.90 Å². The lowest BCUT2D eigenvalue weighted by molar-refractivity contribution is 0.468. The number of nitrogens with zero attached hydrogens (tertiary/aromatic N) is 1. The van der Waals surface area contributed by atoms with Gasteiger partial charge in [-0.3, -0.25) is 0 Å². The minimum atomic E-state index is 0.839. The second-order valence-electron chi connectivity index (χ2n) is 5.24. The van der Waals surface area contributed by atoms with Crippen molar-refractivity contribution in [3.63, 3.8) is 0 Å². The van der Waals surface area contributed by atoms with Crippen LogP contribution in [-0.2, 0) is 6.42 Å². The molecule has 2 fully saturated rings. The van der Waals surface area contributed by atoms with Crippen LogP contribution in [0.5, 0.6) is 0 Å². The van der Waals surface area contributed by atoms with E-state index in [4.69, 9.17) is 0 Å². The fourth-order valence-electron chi connectivity index (χ4n) is 3.44. The molecule has 1 aromatic carbocycles. The van der Waals surface area contributed by atoms with Gasteiger partial charge in [-0.2, -0.15) is 0 Å². The van der Waals surface area contributed by atoms with E-state index in [1.165, 1.54) is 43.4 Å². The molecule has 2 saturated heterocycles. The molecule has 0 amide bonds. The first-order valence-electron chi connectivity index (χ1n) is 6.76. The van der Waals surface area contributed by atoms with Crippen molar-refractivity contribution in [2.24, 2.45) is 0 Å². The Morgan fingerprint density at radius 1 is 1.00 bits per heavy atom. The molecule has 0 N–H and O–H groups in total. The van der Waals surface area contributed by atoms with Crippen molar-refractivity contribution in [1.82, 2.24) is 0 Å². The van der Waals surface area contributed by atoms with Gasteiger partial charge in [-0.15, -0.1) is 0 Å². The number of benzene rings is 1. The van der Waals surface area contributed by atoms with E-state index in [0.29, 0.717) is 0 Å². The number of fused-ring (bicyclic) bond motifs is 2. The van der Waals surface area contributed by atoms with Crippen molar-refractivity contribution in [3.05, 3.63) is 29.8 Å². The quantitative estimate of drug-likeness (QED) is 0.726. The second-order valence-corrected chi connectivity index (χ2v) is 5.24. The third-order valence-electron chi connectivity index (χ3n) is 4.34. The molecule has 2 atom stereocenters. The van der Waals surface area contributed by atoms with E-state index < -0.39 is 0 Å². The fourth-order valence-corrected chi connectivity index (χ4v) is 3.44. The molecule has 0 radical (unpaired) electrons. The maximum atomic E-state index is 2.70. The van der Waals surface area contributed by atoms with Gasteiger partial charge in [0.15, 0.2) is 0 Å². The number of piperidine rings is 1. The highest BCUT2D eigenvalue weighted by Crippen LogP contribution is 2.39. The predicted octanol–water partition coefficient (Wildman–Crippen LogP) is 3.77. The van der Waals surface area contributed by atoms with Gasteiger partial charge in [-0.05, 0) is 56.2 Å². The van der Waals surface area contributed by atoms with Crippen molar-refractivity contribution >= 4 is 5.69 Å². The van der Waals surface area contributed by atoms with Crippen molar-refractivity contribution in [2.45, 2.75) is 57.5 Å². The van der Waals surface area contributed by atoms with Gasteiger partial charge in [0.25, 0.3) is 0 Å². The minimum absolute atomic E-state index is 0.839. The van der Waals surface area contributed by atoms with Crippen molar-refractivity contribution in [2.75, 3.05) is 4.90 Å². The Morgan fingerprint density at radius 2 is 1.62 bits per heavy atom. The Labute approximate surface area is 98.5 Å². The standard InChI is InChI=1S/C15H21N/c1-2-12-6-8-15(9-7-12)16-13-4-3-5-14(16)11-10-13/h6-9,13-14H,2-5,10-11H2,1H3.